The van der Waals surface area contributed by atoms with Crippen molar-refractivity contribution in [2.45, 2.75) is 30.9 Å². The Hall–Kier alpha value is -1.71. The first-order valence-electron chi connectivity index (χ1n) is 8.24. The maximum absolute atomic E-state index is 13.7. The molecule has 0 aliphatic heterocycles. The number of rotatable bonds is 7. The van der Waals surface area contributed by atoms with Gasteiger partial charge in [-0.1, -0.05) is 23.2 Å². The minimum absolute atomic E-state index is 0.0411. The van der Waals surface area contributed by atoms with Crippen molar-refractivity contribution in [3.8, 4) is 0 Å². The van der Waals surface area contributed by atoms with Crippen molar-refractivity contribution in [2.24, 2.45) is 0 Å². The molecule has 10 heteroatoms. The second-order valence-electron chi connectivity index (χ2n) is 6.21. The number of aliphatic hydroxyl groups excluding tert-OH is 1. The molecule has 0 aliphatic rings. The molecule has 0 saturated heterocycles. The predicted octanol–water partition coefficient (Wildman–Crippen LogP) is 3.28. The molecule has 0 fully saturated rings. The van der Waals surface area contributed by atoms with E-state index in [0.717, 1.165) is 6.07 Å². The number of nitrogens with one attached hydrogen (secondary N) is 2. The summed E-state index contributed by atoms with van der Waals surface area (Å²) in [7, 11) is -3.79. The van der Waals surface area contributed by atoms with E-state index in [2.05, 4.69) is 10.0 Å². The lowest BCUT2D eigenvalue weighted by atomic mass is 10.1. The zero-order valence-corrected chi connectivity index (χ0v) is 17.4. The molecule has 1 amide bonds. The lowest BCUT2D eigenvalue weighted by Gasteiger charge is -2.16. The Kier molecular flexibility index (Phi) is 7.41. The third kappa shape index (κ3) is 5.65. The van der Waals surface area contributed by atoms with E-state index in [-0.39, 0.29) is 27.0 Å². The van der Waals surface area contributed by atoms with Crippen LogP contribution in [0.3, 0.4) is 0 Å². The second-order valence-corrected chi connectivity index (χ2v) is 8.79. The van der Waals surface area contributed by atoms with Crippen LogP contribution in [-0.4, -0.2) is 32.1 Å². The molecule has 2 aromatic rings. The van der Waals surface area contributed by atoms with Gasteiger partial charge in [0.05, 0.1) is 22.1 Å². The molecule has 0 radical (unpaired) electrons. The van der Waals surface area contributed by atoms with Crippen molar-refractivity contribution in [2.75, 3.05) is 6.54 Å². The van der Waals surface area contributed by atoms with Gasteiger partial charge in [0.2, 0.25) is 10.0 Å². The molecule has 0 heterocycles. The van der Waals surface area contributed by atoms with Gasteiger partial charge in [0.25, 0.3) is 5.91 Å². The Morgan fingerprint density at radius 1 is 1.14 bits per heavy atom. The number of amides is 1. The number of carbonyl (C=O) groups excluding carboxylic acids is 1. The zero-order chi connectivity index (χ0) is 21.1. The predicted molar refractivity (Wildman–Crippen MR) is 106 cm³/mol. The summed E-state index contributed by atoms with van der Waals surface area (Å²) in [5, 5.41) is 12.0. The molecule has 0 aliphatic carbocycles. The van der Waals surface area contributed by atoms with Gasteiger partial charge in [0.1, 0.15) is 5.82 Å². The lowest BCUT2D eigenvalue weighted by Crippen LogP contribution is -2.30. The van der Waals surface area contributed by atoms with E-state index < -0.39 is 33.9 Å². The zero-order valence-electron chi connectivity index (χ0n) is 15.0. The van der Waals surface area contributed by atoms with Crippen LogP contribution < -0.4 is 10.0 Å². The summed E-state index contributed by atoms with van der Waals surface area (Å²) < 4.78 is 40.1. The average molecular weight is 449 g/mol. The quantitative estimate of drug-likeness (QED) is 0.566. The Labute approximate surface area is 172 Å². The largest absolute Gasteiger partial charge is 0.392 e. The summed E-state index contributed by atoms with van der Waals surface area (Å²) in [5.41, 5.74) is 0.574. The van der Waals surface area contributed by atoms with Crippen molar-refractivity contribution in [3.63, 3.8) is 0 Å². The van der Waals surface area contributed by atoms with Crippen LogP contribution in [0.15, 0.2) is 41.3 Å². The Morgan fingerprint density at radius 2 is 1.75 bits per heavy atom. The van der Waals surface area contributed by atoms with Gasteiger partial charge < -0.3 is 10.4 Å². The Morgan fingerprint density at radius 3 is 2.32 bits per heavy atom. The van der Waals surface area contributed by atoms with Crippen LogP contribution in [0.25, 0.3) is 0 Å². The van der Waals surface area contributed by atoms with Crippen LogP contribution in [0.5, 0.6) is 0 Å². The molecule has 0 spiro atoms. The summed E-state index contributed by atoms with van der Waals surface area (Å²) >= 11 is 11.7. The van der Waals surface area contributed by atoms with Crippen LogP contribution in [0, 0.1) is 5.82 Å². The van der Waals surface area contributed by atoms with Crippen LogP contribution in [0.2, 0.25) is 10.0 Å². The van der Waals surface area contributed by atoms with Gasteiger partial charge in [-0.05, 0) is 55.8 Å². The van der Waals surface area contributed by atoms with Crippen LogP contribution in [0.1, 0.15) is 35.8 Å². The summed E-state index contributed by atoms with van der Waals surface area (Å²) in [4.78, 5) is 12.4. The van der Waals surface area contributed by atoms with Crippen LogP contribution in [-0.2, 0) is 10.0 Å². The highest BCUT2D eigenvalue weighted by molar-refractivity contribution is 7.89. The first-order chi connectivity index (χ1) is 13.0. The standard InChI is InChI=1S/C18H19Cl2FN2O4S/c1-10(24)9-22-28(26,27)13-5-3-12(4-6-13)18(25)23-11(2)14-7-17(21)16(20)8-15(14)19/h3-8,10-11,22,24H,9H2,1-2H3,(H,23,25). The van der Waals surface area contributed by atoms with Crippen molar-refractivity contribution in [1.29, 1.82) is 0 Å². The normalized spacial score (nSPS) is 13.8. The Bertz CT molecular complexity index is 966. The molecule has 152 valence electrons. The maximum atomic E-state index is 13.7. The number of carbonyl (C=O) groups is 1. The van der Waals surface area contributed by atoms with E-state index in [9.17, 15) is 22.7 Å². The molecule has 2 aromatic carbocycles. The van der Waals surface area contributed by atoms with E-state index in [4.69, 9.17) is 23.2 Å². The maximum Gasteiger partial charge on any atom is 0.251 e. The minimum Gasteiger partial charge on any atom is -0.392 e. The molecular formula is C18H19Cl2FN2O4S. The molecule has 0 aromatic heterocycles. The van der Waals surface area contributed by atoms with Crippen molar-refractivity contribution in [1.82, 2.24) is 10.0 Å². The lowest BCUT2D eigenvalue weighted by molar-refractivity contribution is 0.0939. The number of hydrogen-bond acceptors (Lipinski definition) is 4. The van der Waals surface area contributed by atoms with Crippen LogP contribution >= 0.6 is 23.2 Å². The number of aliphatic hydroxyl groups is 1. The smallest absolute Gasteiger partial charge is 0.251 e. The fourth-order valence-electron chi connectivity index (χ4n) is 2.33. The number of hydrogen-bond donors (Lipinski definition) is 3. The van der Waals surface area contributed by atoms with Crippen molar-refractivity contribution in [3.05, 3.63) is 63.4 Å². The van der Waals surface area contributed by atoms with Gasteiger partial charge >= 0.3 is 0 Å². The van der Waals surface area contributed by atoms with Gasteiger partial charge in [0, 0.05) is 17.1 Å². The third-order valence-corrected chi connectivity index (χ3v) is 5.91. The fourth-order valence-corrected chi connectivity index (χ4v) is 4.00. The SMILES string of the molecule is CC(O)CNS(=O)(=O)c1ccc(C(=O)NC(C)c2cc(F)c(Cl)cc2Cl)cc1. The summed E-state index contributed by atoms with van der Waals surface area (Å²) in [6.45, 7) is 2.96. The molecule has 3 N–H and O–H groups in total. The number of benzene rings is 2. The molecule has 2 rings (SSSR count). The summed E-state index contributed by atoms with van der Waals surface area (Å²) in [5.74, 6) is -1.14. The number of halogens is 3. The molecule has 0 bridgehead atoms. The summed E-state index contributed by atoms with van der Waals surface area (Å²) in [6.07, 6.45) is -0.828. The van der Waals surface area contributed by atoms with Gasteiger partial charge in [-0.25, -0.2) is 17.5 Å². The van der Waals surface area contributed by atoms with E-state index in [0.29, 0.717) is 5.56 Å². The topological polar surface area (TPSA) is 95.5 Å². The van der Waals surface area contributed by atoms with Crippen molar-refractivity contribution >= 4 is 39.1 Å². The monoisotopic (exact) mass is 448 g/mol. The van der Waals surface area contributed by atoms with Gasteiger partial charge in [-0.2, -0.15) is 0 Å². The molecule has 28 heavy (non-hydrogen) atoms. The summed E-state index contributed by atoms with van der Waals surface area (Å²) in [6, 6.07) is 7.06. The highest BCUT2D eigenvalue weighted by atomic mass is 35.5. The van der Waals surface area contributed by atoms with Crippen LogP contribution in [0.4, 0.5) is 4.39 Å². The Balaban J connectivity index is 2.12. The average Bonchev–Trinajstić information content (AvgIpc) is 2.63. The molecule has 2 unspecified atom stereocenters. The van der Waals surface area contributed by atoms with E-state index in [1.807, 2.05) is 0 Å². The van der Waals surface area contributed by atoms with E-state index in [1.54, 1.807) is 6.92 Å². The van der Waals surface area contributed by atoms with E-state index in [1.165, 1.54) is 37.3 Å². The van der Waals surface area contributed by atoms with Gasteiger partial charge in [0.15, 0.2) is 0 Å². The highest BCUT2D eigenvalue weighted by Crippen LogP contribution is 2.28. The fraction of sp³-hybridized carbons (Fsp3) is 0.278. The van der Waals surface area contributed by atoms with E-state index >= 15 is 0 Å². The number of sulfonamides is 1. The minimum atomic E-state index is -3.79. The van der Waals surface area contributed by atoms with Gasteiger partial charge in [-0.15, -0.1) is 0 Å². The molecule has 6 nitrogen and oxygen atoms in total. The first-order valence-corrected chi connectivity index (χ1v) is 10.5. The molecule has 0 saturated carbocycles. The van der Waals surface area contributed by atoms with Crippen molar-refractivity contribution < 1.29 is 22.7 Å². The first kappa shape index (κ1) is 22.6. The molecule has 2 atom stereocenters. The van der Waals surface area contributed by atoms with Gasteiger partial charge in [-0.3, -0.25) is 4.79 Å². The second kappa shape index (κ2) is 9.19. The molecular weight excluding hydrogens is 430 g/mol. The third-order valence-electron chi connectivity index (χ3n) is 3.85. The highest BCUT2D eigenvalue weighted by Gasteiger charge is 2.18.